The van der Waals surface area contributed by atoms with Gasteiger partial charge in [-0.1, -0.05) is 37.3 Å². The van der Waals surface area contributed by atoms with Crippen molar-refractivity contribution in [3.05, 3.63) is 66.0 Å². The fraction of sp³-hybridized carbons (Fsp3) is 0.435. The number of hydrogen-bond acceptors (Lipinski definition) is 2. The number of halogens is 2. The largest absolute Gasteiger partial charge is 0.309 e. The van der Waals surface area contributed by atoms with Gasteiger partial charge in [-0.25, -0.2) is 4.39 Å². The smallest absolute Gasteiger partial charge is 0.227 e. The highest BCUT2D eigenvalue weighted by atomic mass is 35.5. The molecule has 152 valence electrons. The molecule has 1 amide bonds. The maximum absolute atomic E-state index is 13.3. The van der Waals surface area contributed by atoms with Crippen LogP contribution in [0, 0.1) is 5.82 Å². The lowest BCUT2D eigenvalue weighted by Gasteiger charge is -2.38. The first kappa shape index (κ1) is 22.4. The monoisotopic (exact) mass is 404 g/mol. The topological polar surface area (TPSA) is 23.6 Å². The van der Waals surface area contributed by atoms with Gasteiger partial charge in [0.15, 0.2) is 0 Å². The molecule has 3 nitrogen and oxygen atoms in total. The third-order valence-electron chi connectivity index (χ3n) is 5.32. The van der Waals surface area contributed by atoms with Crippen LogP contribution in [0.2, 0.25) is 0 Å². The Labute approximate surface area is 173 Å². The minimum Gasteiger partial charge on any atom is -0.309 e. The summed E-state index contributed by atoms with van der Waals surface area (Å²) in [5, 5.41) is 0. The summed E-state index contributed by atoms with van der Waals surface area (Å²) >= 11 is 0. The van der Waals surface area contributed by atoms with Crippen LogP contribution in [0.1, 0.15) is 38.2 Å². The quantitative estimate of drug-likeness (QED) is 0.641. The van der Waals surface area contributed by atoms with Gasteiger partial charge < -0.3 is 9.80 Å². The Kier molecular flexibility index (Phi) is 8.94. The normalized spacial score (nSPS) is 15.1. The lowest BCUT2D eigenvalue weighted by molar-refractivity contribution is -0.119. The fourth-order valence-corrected chi connectivity index (χ4v) is 3.83. The maximum Gasteiger partial charge on any atom is 0.227 e. The summed E-state index contributed by atoms with van der Waals surface area (Å²) in [5.74, 6) is -0.121. The van der Waals surface area contributed by atoms with Crippen molar-refractivity contribution in [2.24, 2.45) is 0 Å². The molecule has 3 rings (SSSR count). The molecule has 0 unspecified atom stereocenters. The van der Waals surface area contributed by atoms with E-state index in [2.05, 4.69) is 29.2 Å². The van der Waals surface area contributed by atoms with Crippen molar-refractivity contribution in [1.29, 1.82) is 0 Å². The molecule has 0 aromatic heterocycles. The van der Waals surface area contributed by atoms with Crippen molar-refractivity contribution in [2.75, 3.05) is 24.5 Å². The molecule has 2 aromatic rings. The Balaban J connectivity index is 0.00000280. The Bertz CT molecular complexity index is 715. The zero-order valence-electron chi connectivity index (χ0n) is 16.5. The van der Waals surface area contributed by atoms with E-state index in [1.54, 1.807) is 12.1 Å². The number of carbonyl (C=O) groups is 1. The van der Waals surface area contributed by atoms with Crippen LogP contribution in [-0.2, 0) is 11.2 Å². The second kappa shape index (κ2) is 11.2. The van der Waals surface area contributed by atoms with Crippen molar-refractivity contribution in [3.8, 4) is 0 Å². The first-order chi connectivity index (χ1) is 13.2. The number of anilines is 1. The summed E-state index contributed by atoms with van der Waals surface area (Å²) in [6, 6.07) is 17.1. The van der Waals surface area contributed by atoms with Gasteiger partial charge in [0, 0.05) is 37.8 Å². The van der Waals surface area contributed by atoms with Gasteiger partial charge >= 0.3 is 0 Å². The predicted molar refractivity (Wildman–Crippen MR) is 116 cm³/mol. The number of amides is 1. The van der Waals surface area contributed by atoms with Crippen molar-refractivity contribution < 1.29 is 9.18 Å². The second-order valence-corrected chi connectivity index (χ2v) is 7.30. The summed E-state index contributed by atoms with van der Waals surface area (Å²) < 4.78 is 13.3. The van der Waals surface area contributed by atoms with Gasteiger partial charge in [-0.3, -0.25) is 4.79 Å². The summed E-state index contributed by atoms with van der Waals surface area (Å²) in [6.07, 6.45) is 4.34. The molecule has 0 saturated carbocycles. The molecule has 5 heteroatoms. The number of benzene rings is 2. The highest BCUT2D eigenvalue weighted by Crippen LogP contribution is 2.25. The van der Waals surface area contributed by atoms with E-state index in [4.69, 9.17) is 0 Å². The molecule has 0 radical (unpaired) electrons. The third kappa shape index (κ3) is 6.05. The van der Waals surface area contributed by atoms with E-state index in [0.29, 0.717) is 6.42 Å². The average Bonchev–Trinajstić information content (AvgIpc) is 2.70. The molecule has 0 atom stereocenters. The molecule has 1 fully saturated rings. The molecule has 0 aliphatic carbocycles. The van der Waals surface area contributed by atoms with Crippen molar-refractivity contribution >= 4 is 24.0 Å². The molecule has 0 spiro atoms. The molecule has 1 aliphatic rings. The SMILES string of the molecule is CCCC(=O)N(c1ccc(F)cc1)C1CCN(CCc2ccccc2)CC1.Cl. The van der Waals surface area contributed by atoms with Crippen molar-refractivity contribution in [1.82, 2.24) is 4.90 Å². The third-order valence-corrected chi connectivity index (χ3v) is 5.32. The molecule has 1 aliphatic heterocycles. The zero-order chi connectivity index (χ0) is 19.1. The Hall–Kier alpha value is -1.91. The Morgan fingerprint density at radius 1 is 1.07 bits per heavy atom. The highest BCUT2D eigenvalue weighted by molar-refractivity contribution is 5.93. The maximum atomic E-state index is 13.3. The van der Waals surface area contributed by atoms with Crippen LogP contribution in [0.4, 0.5) is 10.1 Å². The number of piperidine rings is 1. The fourth-order valence-electron chi connectivity index (χ4n) is 3.83. The minimum absolute atomic E-state index is 0. The molecule has 0 N–H and O–H groups in total. The number of hydrogen-bond donors (Lipinski definition) is 0. The number of carbonyl (C=O) groups excluding carboxylic acids is 1. The van der Waals surface area contributed by atoms with Crippen LogP contribution in [0.15, 0.2) is 54.6 Å². The van der Waals surface area contributed by atoms with Crippen molar-refractivity contribution in [2.45, 2.75) is 45.1 Å². The molecule has 28 heavy (non-hydrogen) atoms. The van der Waals surface area contributed by atoms with Gasteiger partial charge in [0.1, 0.15) is 5.82 Å². The predicted octanol–water partition coefficient (Wildman–Crippen LogP) is 5.09. The molecule has 1 heterocycles. The van der Waals surface area contributed by atoms with Gasteiger partial charge in [-0.05, 0) is 55.5 Å². The van der Waals surface area contributed by atoms with E-state index in [-0.39, 0.29) is 30.2 Å². The summed E-state index contributed by atoms with van der Waals surface area (Å²) in [7, 11) is 0. The molecule has 0 bridgehead atoms. The minimum atomic E-state index is -0.266. The van der Waals surface area contributed by atoms with Crippen LogP contribution in [0.3, 0.4) is 0 Å². The number of nitrogens with zero attached hydrogens (tertiary/aromatic N) is 2. The molecule has 1 saturated heterocycles. The summed E-state index contributed by atoms with van der Waals surface area (Å²) in [5.41, 5.74) is 2.18. The summed E-state index contributed by atoms with van der Waals surface area (Å²) in [6.45, 7) is 5.06. The Morgan fingerprint density at radius 2 is 1.71 bits per heavy atom. The lowest BCUT2D eigenvalue weighted by Crippen LogP contribution is -2.48. The van der Waals surface area contributed by atoms with Gasteiger partial charge in [-0.15, -0.1) is 12.4 Å². The second-order valence-electron chi connectivity index (χ2n) is 7.30. The first-order valence-electron chi connectivity index (χ1n) is 10.0. The van der Waals surface area contributed by atoms with E-state index >= 15 is 0 Å². The standard InChI is InChI=1S/C23H29FN2O.ClH/c1-2-6-23(27)26(21-11-9-20(24)10-12-21)22-14-17-25(18-15-22)16-13-19-7-4-3-5-8-19;/h3-5,7-12,22H,2,6,13-18H2,1H3;1H. The van der Waals surface area contributed by atoms with Crippen LogP contribution < -0.4 is 4.90 Å². The van der Waals surface area contributed by atoms with Crippen molar-refractivity contribution in [3.63, 3.8) is 0 Å². The van der Waals surface area contributed by atoms with Gasteiger partial charge in [0.25, 0.3) is 0 Å². The zero-order valence-corrected chi connectivity index (χ0v) is 17.3. The summed E-state index contributed by atoms with van der Waals surface area (Å²) in [4.78, 5) is 17.1. The first-order valence-corrected chi connectivity index (χ1v) is 10.0. The lowest BCUT2D eigenvalue weighted by atomic mass is 10.0. The van der Waals surface area contributed by atoms with Gasteiger partial charge in [0.05, 0.1) is 0 Å². The van der Waals surface area contributed by atoms with Gasteiger partial charge in [0.2, 0.25) is 5.91 Å². The average molecular weight is 405 g/mol. The van der Waals surface area contributed by atoms with E-state index in [0.717, 1.165) is 51.0 Å². The van der Waals surface area contributed by atoms with Crippen LogP contribution >= 0.6 is 12.4 Å². The van der Waals surface area contributed by atoms with E-state index in [9.17, 15) is 9.18 Å². The Morgan fingerprint density at radius 3 is 2.32 bits per heavy atom. The van der Waals surface area contributed by atoms with Crippen LogP contribution in [0.5, 0.6) is 0 Å². The van der Waals surface area contributed by atoms with E-state index in [1.165, 1.54) is 17.7 Å². The molecular formula is C23H30ClFN2O. The van der Waals surface area contributed by atoms with E-state index < -0.39 is 0 Å². The van der Waals surface area contributed by atoms with E-state index in [1.807, 2.05) is 17.9 Å². The van der Waals surface area contributed by atoms with Gasteiger partial charge in [-0.2, -0.15) is 0 Å². The molecule has 2 aromatic carbocycles. The van der Waals surface area contributed by atoms with Crippen LogP contribution in [-0.4, -0.2) is 36.5 Å². The number of likely N-dealkylation sites (tertiary alicyclic amines) is 1. The van der Waals surface area contributed by atoms with Crippen LogP contribution in [0.25, 0.3) is 0 Å². The number of rotatable bonds is 7. The molecular weight excluding hydrogens is 375 g/mol. The highest BCUT2D eigenvalue weighted by Gasteiger charge is 2.28.